The molecule has 0 saturated heterocycles. The predicted molar refractivity (Wildman–Crippen MR) is 104 cm³/mol. The number of hydrogen-bond acceptors (Lipinski definition) is 5. The second-order valence-corrected chi connectivity index (χ2v) is 7.36. The maximum Gasteiger partial charge on any atom is 0.261 e. The van der Waals surface area contributed by atoms with Gasteiger partial charge in [-0.05, 0) is 44.2 Å². The first kappa shape index (κ1) is 20.6. The number of methoxy groups -OCH3 is 2. The molecule has 0 fully saturated rings. The summed E-state index contributed by atoms with van der Waals surface area (Å²) >= 11 is 0. The number of carbonyl (C=O) groups is 1. The number of rotatable bonds is 8. The minimum atomic E-state index is -3.87. The van der Waals surface area contributed by atoms with Crippen molar-refractivity contribution in [3.63, 3.8) is 0 Å². The van der Waals surface area contributed by atoms with Gasteiger partial charge in [0.15, 0.2) is 11.5 Å². The van der Waals surface area contributed by atoms with Gasteiger partial charge in [0, 0.05) is 24.7 Å². The second kappa shape index (κ2) is 8.77. The fourth-order valence-corrected chi connectivity index (χ4v) is 3.70. The van der Waals surface area contributed by atoms with Crippen LogP contribution >= 0.6 is 0 Å². The zero-order valence-electron chi connectivity index (χ0n) is 15.9. The summed E-state index contributed by atoms with van der Waals surface area (Å²) in [7, 11) is -0.899. The largest absolute Gasteiger partial charge is 0.493 e. The van der Waals surface area contributed by atoms with E-state index in [1.54, 1.807) is 29.2 Å². The second-order valence-electron chi connectivity index (χ2n) is 5.68. The quantitative estimate of drug-likeness (QED) is 0.746. The van der Waals surface area contributed by atoms with E-state index in [0.29, 0.717) is 35.8 Å². The molecule has 1 N–H and O–H groups in total. The summed E-state index contributed by atoms with van der Waals surface area (Å²) in [5, 5.41) is 0. The molecule has 0 unspecified atom stereocenters. The summed E-state index contributed by atoms with van der Waals surface area (Å²) in [6.07, 6.45) is 0. The van der Waals surface area contributed by atoms with Gasteiger partial charge < -0.3 is 14.4 Å². The number of ether oxygens (including phenoxy) is 2. The number of nitrogens with zero attached hydrogens (tertiary/aromatic N) is 1. The molecule has 0 aromatic heterocycles. The van der Waals surface area contributed by atoms with Gasteiger partial charge in [-0.2, -0.15) is 0 Å². The number of hydrogen-bond donors (Lipinski definition) is 1. The lowest BCUT2D eigenvalue weighted by Gasteiger charge is -2.19. The molecule has 7 nitrogen and oxygen atoms in total. The van der Waals surface area contributed by atoms with Crippen LogP contribution < -0.4 is 14.2 Å². The van der Waals surface area contributed by atoms with Gasteiger partial charge in [-0.3, -0.25) is 9.52 Å². The number of anilines is 1. The van der Waals surface area contributed by atoms with Crippen molar-refractivity contribution >= 4 is 21.6 Å². The number of nitrogens with one attached hydrogen (secondary N) is 1. The molecule has 0 heterocycles. The number of sulfonamides is 1. The Balaban J connectivity index is 2.32. The van der Waals surface area contributed by atoms with Crippen molar-refractivity contribution in [2.75, 3.05) is 32.0 Å². The van der Waals surface area contributed by atoms with Crippen molar-refractivity contribution in [2.24, 2.45) is 0 Å². The Morgan fingerprint density at radius 2 is 1.67 bits per heavy atom. The Morgan fingerprint density at radius 1 is 1.00 bits per heavy atom. The van der Waals surface area contributed by atoms with Crippen LogP contribution in [0.3, 0.4) is 0 Å². The molecule has 0 aliphatic rings. The van der Waals surface area contributed by atoms with E-state index in [-0.39, 0.29) is 10.8 Å². The molecule has 0 radical (unpaired) electrons. The highest BCUT2D eigenvalue weighted by molar-refractivity contribution is 7.92. The Labute approximate surface area is 160 Å². The molecule has 2 rings (SSSR count). The van der Waals surface area contributed by atoms with Crippen LogP contribution in [0.15, 0.2) is 47.4 Å². The number of benzene rings is 2. The minimum absolute atomic E-state index is 0.00953. The van der Waals surface area contributed by atoms with Gasteiger partial charge >= 0.3 is 0 Å². The van der Waals surface area contributed by atoms with E-state index >= 15 is 0 Å². The lowest BCUT2D eigenvalue weighted by Crippen LogP contribution is -2.30. The molecule has 146 valence electrons. The maximum atomic E-state index is 12.7. The fourth-order valence-electron chi connectivity index (χ4n) is 2.60. The molecule has 0 aliphatic heterocycles. The zero-order valence-corrected chi connectivity index (χ0v) is 16.7. The Bertz CT molecular complexity index is 908. The van der Waals surface area contributed by atoms with Crippen molar-refractivity contribution < 1.29 is 22.7 Å². The average Bonchev–Trinajstić information content (AvgIpc) is 2.68. The molecule has 0 bridgehead atoms. The van der Waals surface area contributed by atoms with E-state index in [1.807, 2.05) is 13.8 Å². The molecule has 27 heavy (non-hydrogen) atoms. The molecular weight excluding hydrogens is 368 g/mol. The van der Waals surface area contributed by atoms with Gasteiger partial charge in [0.25, 0.3) is 15.9 Å². The molecule has 8 heteroatoms. The van der Waals surface area contributed by atoms with E-state index in [1.165, 1.54) is 32.4 Å². The third kappa shape index (κ3) is 4.71. The van der Waals surface area contributed by atoms with Gasteiger partial charge in [0.1, 0.15) is 0 Å². The highest BCUT2D eigenvalue weighted by atomic mass is 32.2. The Morgan fingerprint density at radius 3 is 2.26 bits per heavy atom. The van der Waals surface area contributed by atoms with E-state index in [9.17, 15) is 13.2 Å². The van der Waals surface area contributed by atoms with Crippen LogP contribution in [0.2, 0.25) is 0 Å². The van der Waals surface area contributed by atoms with Crippen molar-refractivity contribution in [3.05, 3.63) is 48.0 Å². The summed E-state index contributed by atoms with van der Waals surface area (Å²) in [5.74, 6) is 0.693. The summed E-state index contributed by atoms with van der Waals surface area (Å²) in [6.45, 7) is 4.85. The van der Waals surface area contributed by atoms with Crippen LogP contribution in [0, 0.1) is 0 Å². The van der Waals surface area contributed by atoms with E-state index in [0.717, 1.165) is 0 Å². The molecule has 1 amide bonds. The monoisotopic (exact) mass is 392 g/mol. The van der Waals surface area contributed by atoms with Gasteiger partial charge in [0.05, 0.1) is 24.8 Å². The molecule has 0 atom stereocenters. The van der Waals surface area contributed by atoms with Crippen LogP contribution in [-0.2, 0) is 10.0 Å². The topological polar surface area (TPSA) is 84.9 Å². The first-order valence-corrected chi connectivity index (χ1v) is 9.98. The molecule has 0 aliphatic carbocycles. The molecule has 0 saturated carbocycles. The van der Waals surface area contributed by atoms with Crippen LogP contribution in [0.1, 0.15) is 24.2 Å². The van der Waals surface area contributed by atoms with Gasteiger partial charge in [-0.15, -0.1) is 0 Å². The Hall–Kier alpha value is -2.74. The molecule has 0 spiro atoms. The zero-order chi connectivity index (χ0) is 20.0. The fraction of sp³-hybridized carbons (Fsp3) is 0.316. The van der Waals surface area contributed by atoms with Gasteiger partial charge in [0.2, 0.25) is 0 Å². The normalized spacial score (nSPS) is 11.0. The summed E-state index contributed by atoms with van der Waals surface area (Å²) < 4.78 is 38.3. The van der Waals surface area contributed by atoms with Crippen molar-refractivity contribution in [2.45, 2.75) is 18.7 Å². The van der Waals surface area contributed by atoms with Crippen LogP contribution in [-0.4, -0.2) is 46.5 Å². The first-order chi connectivity index (χ1) is 12.9. The van der Waals surface area contributed by atoms with Crippen LogP contribution in [0.25, 0.3) is 0 Å². The van der Waals surface area contributed by atoms with Crippen molar-refractivity contribution in [1.29, 1.82) is 0 Å². The summed E-state index contributed by atoms with van der Waals surface area (Å²) in [5.41, 5.74) is 0.655. The lowest BCUT2D eigenvalue weighted by atomic mass is 10.2. The molecule has 2 aromatic carbocycles. The van der Waals surface area contributed by atoms with E-state index in [2.05, 4.69) is 4.72 Å². The lowest BCUT2D eigenvalue weighted by molar-refractivity contribution is 0.0772. The van der Waals surface area contributed by atoms with Crippen LogP contribution in [0.5, 0.6) is 11.5 Å². The third-order valence-corrected chi connectivity index (χ3v) is 5.46. The van der Waals surface area contributed by atoms with Crippen molar-refractivity contribution in [3.8, 4) is 11.5 Å². The van der Waals surface area contributed by atoms with E-state index < -0.39 is 10.0 Å². The standard InChI is InChI=1S/C19H24N2O5S/c1-5-21(6-2)19(22)14-8-7-9-16(12-14)27(23,24)20-15-10-11-17(25-3)18(13-15)26-4/h7-13,20H,5-6H2,1-4H3. The van der Waals surface area contributed by atoms with Gasteiger partial charge in [-0.25, -0.2) is 8.42 Å². The smallest absolute Gasteiger partial charge is 0.261 e. The molecular formula is C19H24N2O5S. The SMILES string of the molecule is CCN(CC)C(=O)c1cccc(S(=O)(=O)Nc2ccc(OC)c(OC)c2)c1. The average molecular weight is 392 g/mol. The van der Waals surface area contributed by atoms with Crippen molar-refractivity contribution in [1.82, 2.24) is 4.90 Å². The first-order valence-electron chi connectivity index (χ1n) is 8.50. The molecule has 2 aromatic rings. The van der Waals surface area contributed by atoms with E-state index in [4.69, 9.17) is 9.47 Å². The maximum absolute atomic E-state index is 12.7. The number of carbonyl (C=O) groups excluding carboxylic acids is 1. The minimum Gasteiger partial charge on any atom is -0.493 e. The Kier molecular flexibility index (Phi) is 6.68. The summed E-state index contributed by atoms with van der Waals surface area (Å²) in [6, 6.07) is 10.7. The number of amides is 1. The highest BCUT2D eigenvalue weighted by Crippen LogP contribution is 2.30. The summed E-state index contributed by atoms with van der Waals surface area (Å²) in [4.78, 5) is 14.1. The predicted octanol–water partition coefficient (Wildman–Crippen LogP) is 2.99. The highest BCUT2D eigenvalue weighted by Gasteiger charge is 2.19. The van der Waals surface area contributed by atoms with Crippen LogP contribution in [0.4, 0.5) is 5.69 Å². The third-order valence-electron chi connectivity index (χ3n) is 4.08. The van der Waals surface area contributed by atoms with Gasteiger partial charge in [-0.1, -0.05) is 6.07 Å².